The van der Waals surface area contributed by atoms with Crippen molar-refractivity contribution in [2.75, 3.05) is 13.7 Å². The lowest BCUT2D eigenvalue weighted by atomic mass is 10.0. The number of piperidine rings is 1. The van der Waals surface area contributed by atoms with Crippen molar-refractivity contribution in [3.63, 3.8) is 0 Å². The Morgan fingerprint density at radius 2 is 2.20 bits per heavy atom. The number of fused-ring (bicyclic) bond motifs is 1. The molecule has 130 valence electrons. The lowest BCUT2D eigenvalue weighted by Crippen LogP contribution is -2.39. The number of aromatic nitrogens is 2. The minimum absolute atomic E-state index is 0.0811. The van der Waals surface area contributed by atoms with Crippen LogP contribution in [0.25, 0.3) is 10.9 Å². The first-order chi connectivity index (χ1) is 12.2. The third-order valence-electron chi connectivity index (χ3n) is 4.97. The molecule has 0 saturated carbocycles. The first-order valence-electron chi connectivity index (χ1n) is 8.53. The first-order valence-corrected chi connectivity index (χ1v) is 9.41. The minimum Gasteiger partial charge on any atom is -0.497 e. The fourth-order valence-corrected chi connectivity index (χ4v) is 4.42. The number of thiazole rings is 1. The summed E-state index contributed by atoms with van der Waals surface area (Å²) in [7, 11) is 3.60. The smallest absolute Gasteiger partial charge is 0.271 e. The molecule has 2 aromatic heterocycles. The summed E-state index contributed by atoms with van der Waals surface area (Å²) in [6.07, 6.45) is 4.99. The molecular formula is C19H21N3O2S. The molecule has 1 atom stereocenters. The molecule has 0 unspecified atom stereocenters. The second-order valence-corrected chi connectivity index (χ2v) is 7.32. The zero-order chi connectivity index (χ0) is 17.4. The largest absolute Gasteiger partial charge is 0.497 e. The van der Waals surface area contributed by atoms with E-state index in [4.69, 9.17) is 4.74 Å². The van der Waals surface area contributed by atoms with Crippen LogP contribution >= 0.6 is 11.3 Å². The molecule has 1 fully saturated rings. The molecule has 0 bridgehead atoms. The Morgan fingerprint density at radius 1 is 1.32 bits per heavy atom. The van der Waals surface area contributed by atoms with Crippen LogP contribution in [0, 0.1) is 0 Å². The molecule has 6 heteroatoms. The van der Waals surface area contributed by atoms with E-state index in [1.807, 2.05) is 52.4 Å². The van der Waals surface area contributed by atoms with E-state index in [0.717, 1.165) is 47.5 Å². The number of carbonyl (C=O) groups is 1. The van der Waals surface area contributed by atoms with E-state index < -0.39 is 0 Å². The Labute approximate surface area is 150 Å². The van der Waals surface area contributed by atoms with Crippen molar-refractivity contribution < 1.29 is 9.53 Å². The van der Waals surface area contributed by atoms with E-state index in [1.165, 1.54) is 0 Å². The van der Waals surface area contributed by atoms with Crippen LogP contribution in [0.5, 0.6) is 5.75 Å². The van der Waals surface area contributed by atoms with Gasteiger partial charge in [-0.15, -0.1) is 11.3 Å². The third kappa shape index (κ3) is 2.80. The van der Waals surface area contributed by atoms with Gasteiger partial charge in [-0.05, 0) is 43.5 Å². The van der Waals surface area contributed by atoms with Gasteiger partial charge in [-0.2, -0.15) is 0 Å². The molecule has 4 rings (SSSR count). The van der Waals surface area contributed by atoms with Crippen LogP contribution in [0.4, 0.5) is 0 Å². The van der Waals surface area contributed by atoms with Crippen LogP contribution in [0.2, 0.25) is 0 Å². The van der Waals surface area contributed by atoms with Gasteiger partial charge in [-0.25, -0.2) is 4.98 Å². The Kier molecular flexibility index (Phi) is 4.21. The molecule has 1 aliphatic rings. The van der Waals surface area contributed by atoms with Crippen LogP contribution in [0.15, 0.2) is 35.8 Å². The van der Waals surface area contributed by atoms with Gasteiger partial charge in [0.25, 0.3) is 5.91 Å². The molecule has 0 N–H and O–H groups in total. The van der Waals surface area contributed by atoms with E-state index in [2.05, 4.69) is 4.98 Å². The standard InChI is InChI=1S/C19H21N3O2S/c1-21-15-7-6-14(24-2)11-13(15)12-17(21)19(23)22-9-4-3-5-16(22)18-20-8-10-25-18/h6-8,10-12,16H,3-5,9H2,1-2H3/t16-/m1/s1. The number of benzene rings is 1. The van der Waals surface area contributed by atoms with E-state index in [-0.39, 0.29) is 11.9 Å². The van der Waals surface area contributed by atoms with Gasteiger partial charge in [0, 0.05) is 36.1 Å². The van der Waals surface area contributed by atoms with E-state index in [9.17, 15) is 4.79 Å². The van der Waals surface area contributed by atoms with Crippen LogP contribution in [-0.2, 0) is 7.05 Å². The number of aryl methyl sites for hydroxylation is 1. The fraction of sp³-hybridized carbons (Fsp3) is 0.368. The van der Waals surface area contributed by atoms with Gasteiger partial charge in [0.05, 0.1) is 13.2 Å². The topological polar surface area (TPSA) is 47.4 Å². The number of likely N-dealkylation sites (tertiary alicyclic amines) is 1. The van der Waals surface area contributed by atoms with Gasteiger partial charge in [0.1, 0.15) is 16.5 Å². The summed E-state index contributed by atoms with van der Waals surface area (Å²) < 4.78 is 7.28. The van der Waals surface area contributed by atoms with Crippen LogP contribution in [0.1, 0.15) is 40.8 Å². The average Bonchev–Trinajstić information content (AvgIpc) is 3.29. The summed E-state index contributed by atoms with van der Waals surface area (Å²) in [4.78, 5) is 19.8. The average molecular weight is 355 g/mol. The summed E-state index contributed by atoms with van der Waals surface area (Å²) in [5.41, 5.74) is 1.75. The van der Waals surface area contributed by atoms with Crippen molar-refractivity contribution in [3.8, 4) is 5.75 Å². The highest BCUT2D eigenvalue weighted by Gasteiger charge is 2.31. The molecule has 1 aromatic carbocycles. The molecule has 0 radical (unpaired) electrons. The molecule has 5 nitrogen and oxygen atoms in total. The molecule has 25 heavy (non-hydrogen) atoms. The molecule has 3 heterocycles. The summed E-state index contributed by atoms with van der Waals surface area (Å²) in [5, 5.41) is 4.04. The van der Waals surface area contributed by atoms with Crippen LogP contribution in [-0.4, -0.2) is 34.0 Å². The highest BCUT2D eigenvalue weighted by Crippen LogP contribution is 2.34. The lowest BCUT2D eigenvalue weighted by Gasteiger charge is -2.34. The highest BCUT2D eigenvalue weighted by atomic mass is 32.1. The molecule has 1 saturated heterocycles. The molecule has 0 aliphatic carbocycles. The quantitative estimate of drug-likeness (QED) is 0.713. The van der Waals surface area contributed by atoms with Crippen molar-refractivity contribution >= 4 is 28.1 Å². The minimum atomic E-state index is 0.0811. The summed E-state index contributed by atoms with van der Waals surface area (Å²) in [6.45, 7) is 0.786. The van der Waals surface area contributed by atoms with Crippen molar-refractivity contribution in [2.24, 2.45) is 7.05 Å². The molecule has 0 spiro atoms. The second-order valence-electron chi connectivity index (χ2n) is 6.39. The number of carbonyl (C=O) groups excluding carboxylic acids is 1. The number of ether oxygens (including phenoxy) is 1. The Hall–Kier alpha value is -2.34. The number of methoxy groups -OCH3 is 1. The van der Waals surface area contributed by atoms with Crippen LogP contribution in [0.3, 0.4) is 0 Å². The second kappa shape index (κ2) is 6.52. The number of rotatable bonds is 3. The Balaban J connectivity index is 1.71. The highest BCUT2D eigenvalue weighted by molar-refractivity contribution is 7.09. The molecular weight excluding hydrogens is 334 g/mol. The van der Waals surface area contributed by atoms with Gasteiger partial charge in [-0.1, -0.05) is 0 Å². The zero-order valence-electron chi connectivity index (χ0n) is 14.4. The fourth-order valence-electron chi connectivity index (χ4n) is 3.64. The maximum absolute atomic E-state index is 13.3. The predicted molar refractivity (Wildman–Crippen MR) is 99.2 cm³/mol. The van der Waals surface area contributed by atoms with E-state index in [1.54, 1.807) is 18.4 Å². The number of hydrogen-bond acceptors (Lipinski definition) is 4. The van der Waals surface area contributed by atoms with E-state index >= 15 is 0 Å². The first kappa shape index (κ1) is 16.1. The Morgan fingerprint density at radius 3 is 2.96 bits per heavy atom. The molecule has 1 amide bonds. The van der Waals surface area contributed by atoms with Crippen LogP contribution < -0.4 is 4.74 Å². The van der Waals surface area contributed by atoms with Gasteiger partial charge >= 0.3 is 0 Å². The third-order valence-corrected chi connectivity index (χ3v) is 5.85. The Bertz CT molecular complexity index is 901. The number of hydrogen-bond donors (Lipinski definition) is 0. The van der Waals surface area contributed by atoms with Crippen molar-refractivity contribution in [1.29, 1.82) is 0 Å². The predicted octanol–water partition coefficient (Wildman–Crippen LogP) is 4.01. The normalized spacial score (nSPS) is 17.8. The van der Waals surface area contributed by atoms with Crippen molar-refractivity contribution in [1.82, 2.24) is 14.5 Å². The van der Waals surface area contributed by atoms with Gasteiger partial charge in [0.2, 0.25) is 0 Å². The SMILES string of the molecule is COc1ccc2c(c1)cc(C(=O)N1CCCC[C@@H]1c1nccs1)n2C. The maximum Gasteiger partial charge on any atom is 0.271 e. The summed E-state index contributed by atoms with van der Waals surface area (Å²) in [5.74, 6) is 0.883. The summed E-state index contributed by atoms with van der Waals surface area (Å²) >= 11 is 1.63. The van der Waals surface area contributed by atoms with Gasteiger partial charge < -0.3 is 14.2 Å². The zero-order valence-corrected chi connectivity index (χ0v) is 15.3. The lowest BCUT2D eigenvalue weighted by molar-refractivity contribution is 0.0602. The molecule has 1 aliphatic heterocycles. The van der Waals surface area contributed by atoms with Crippen molar-refractivity contribution in [3.05, 3.63) is 46.5 Å². The maximum atomic E-state index is 13.3. The monoisotopic (exact) mass is 355 g/mol. The summed E-state index contributed by atoms with van der Waals surface area (Å²) in [6, 6.07) is 7.96. The van der Waals surface area contributed by atoms with Crippen molar-refractivity contribution in [2.45, 2.75) is 25.3 Å². The van der Waals surface area contributed by atoms with Gasteiger partial charge in [-0.3, -0.25) is 4.79 Å². The number of nitrogens with zero attached hydrogens (tertiary/aromatic N) is 3. The molecule has 3 aromatic rings. The number of amides is 1. The van der Waals surface area contributed by atoms with Gasteiger partial charge in [0.15, 0.2) is 0 Å². The van der Waals surface area contributed by atoms with E-state index in [0.29, 0.717) is 5.69 Å².